The third-order valence-electron chi connectivity index (χ3n) is 3.85. The van der Waals surface area contributed by atoms with Gasteiger partial charge in [-0.2, -0.15) is 8.78 Å². The molecule has 3 aromatic rings. The molecule has 0 radical (unpaired) electrons. The van der Waals surface area contributed by atoms with Gasteiger partial charge in [0.05, 0.1) is 12.2 Å². The van der Waals surface area contributed by atoms with Crippen LogP contribution in [0.4, 0.5) is 22.0 Å². The zero-order valence-electron chi connectivity index (χ0n) is 14.8. The zero-order valence-corrected chi connectivity index (χ0v) is 14.8. The Balaban J connectivity index is 1.88. The number of alkyl halides is 2. The summed E-state index contributed by atoms with van der Waals surface area (Å²) >= 11 is 0. The highest BCUT2D eigenvalue weighted by Gasteiger charge is 2.20. The van der Waals surface area contributed by atoms with Crippen molar-refractivity contribution in [1.82, 2.24) is 0 Å². The van der Waals surface area contributed by atoms with E-state index in [2.05, 4.69) is 4.74 Å². The summed E-state index contributed by atoms with van der Waals surface area (Å²) in [4.78, 5) is 12.2. The highest BCUT2D eigenvalue weighted by atomic mass is 19.3. The number of carbonyl (C=O) groups excluding carboxylic acids is 1. The molecule has 0 heterocycles. The lowest BCUT2D eigenvalue weighted by Crippen LogP contribution is -2.11. The second-order valence-electron chi connectivity index (χ2n) is 5.73. The number of fused-ring (bicyclic) bond motifs is 1. The molecule has 29 heavy (non-hydrogen) atoms. The molecular weight excluding hydrogens is 399 g/mol. The molecule has 0 fully saturated rings. The molecule has 0 aliphatic rings. The van der Waals surface area contributed by atoms with Crippen LogP contribution in [0.25, 0.3) is 10.8 Å². The average molecular weight is 412 g/mol. The van der Waals surface area contributed by atoms with Crippen LogP contribution in [0.15, 0.2) is 42.5 Å². The molecule has 0 saturated carbocycles. The van der Waals surface area contributed by atoms with Crippen molar-refractivity contribution in [3.63, 3.8) is 0 Å². The van der Waals surface area contributed by atoms with Crippen LogP contribution in [-0.2, 0) is 0 Å². The van der Waals surface area contributed by atoms with Crippen LogP contribution in [0.5, 0.6) is 17.2 Å². The first-order chi connectivity index (χ1) is 13.8. The second-order valence-corrected chi connectivity index (χ2v) is 5.73. The van der Waals surface area contributed by atoms with Gasteiger partial charge in [-0.1, -0.05) is 0 Å². The Morgan fingerprint density at radius 3 is 2.34 bits per heavy atom. The fourth-order valence-corrected chi connectivity index (χ4v) is 2.63. The molecule has 0 N–H and O–H groups in total. The van der Waals surface area contributed by atoms with E-state index in [0.717, 1.165) is 30.3 Å². The third kappa shape index (κ3) is 4.39. The van der Waals surface area contributed by atoms with Gasteiger partial charge in [0.1, 0.15) is 17.3 Å². The number of halogens is 5. The molecule has 9 heteroatoms. The monoisotopic (exact) mass is 412 g/mol. The average Bonchev–Trinajstić information content (AvgIpc) is 2.65. The number of carbonyl (C=O) groups is 1. The molecule has 0 spiro atoms. The number of hydrogen-bond acceptors (Lipinski definition) is 4. The van der Waals surface area contributed by atoms with Crippen LogP contribution < -0.4 is 14.2 Å². The van der Waals surface area contributed by atoms with E-state index in [-0.39, 0.29) is 27.8 Å². The summed E-state index contributed by atoms with van der Waals surface area (Å²) in [6.07, 6.45) is 0. The van der Waals surface area contributed by atoms with E-state index >= 15 is 0 Å². The summed E-state index contributed by atoms with van der Waals surface area (Å²) in [5.74, 6) is -5.69. The standard InChI is InChI=1S/C20H13F5O4/c1-2-27-11-3-6-14(15(21)9-11)19(26)28-12-4-5-13-10(7-12)8-16(22)18(17(13)23)29-20(24)25/h3-9,20H,2H2,1H3. The predicted octanol–water partition coefficient (Wildman–Crippen LogP) is 5.48. The summed E-state index contributed by atoms with van der Waals surface area (Å²) in [5.41, 5.74) is -0.369. The first kappa shape index (κ1) is 20.4. The zero-order chi connectivity index (χ0) is 21.1. The van der Waals surface area contributed by atoms with E-state index in [4.69, 9.17) is 9.47 Å². The SMILES string of the molecule is CCOc1ccc(C(=O)Oc2ccc3c(F)c(OC(F)F)c(F)cc3c2)c(F)c1. The summed E-state index contributed by atoms with van der Waals surface area (Å²) in [6, 6.07) is 7.70. The quantitative estimate of drug-likeness (QED) is 0.306. The molecule has 4 nitrogen and oxygen atoms in total. The lowest BCUT2D eigenvalue weighted by Gasteiger charge is -2.11. The Bertz CT molecular complexity index is 1070. The maximum atomic E-state index is 14.2. The van der Waals surface area contributed by atoms with Crippen molar-refractivity contribution in [2.75, 3.05) is 6.61 Å². The Morgan fingerprint density at radius 2 is 1.69 bits per heavy atom. The first-order valence-electron chi connectivity index (χ1n) is 8.31. The van der Waals surface area contributed by atoms with Gasteiger partial charge in [-0.25, -0.2) is 18.0 Å². The van der Waals surface area contributed by atoms with Gasteiger partial charge in [-0.15, -0.1) is 0 Å². The van der Waals surface area contributed by atoms with Crippen molar-refractivity contribution in [2.45, 2.75) is 13.5 Å². The molecule has 3 rings (SSSR count). The molecule has 0 amide bonds. The van der Waals surface area contributed by atoms with Gasteiger partial charge < -0.3 is 14.2 Å². The van der Waals surface area contributed by atoms with Crippen molar-refractivity contribution < 1.29 is 41.0 Å². The van der Waals surface area contributed by atoms with E-state index in [9.17, 15) is 26.7 Å². The maximum absolute atomic E-state index is 14.2. The van der Waals surface area contributed by atoms with Crippen molar-refractivity contribution in [1.29, 1.82) is 0 Å². The topological polar surface area (TPSA) is 44.8 Å². The highest BCUT2D eigenvalue weighted by Crippen LogP contribution is 2.33. The summed E-state index contributed by atoms with van der Waals surface area (Å²) in [7, 11) is 0. The normalized spacial score (nSPS) is 11.0. The number of hydrogen-bond donors (Lipinski definition) is 0. The van der Waals surface area contributed by atoms with Crippen LogP contribution in [0.2, 0.25) is 0 Å². The van der Waals surface area contributed by atoms with E-state index in [1.807, 2.05) is 0 Å². The lowest BCUT2D eigenvalue weighted by atomic mass is 10.1. The van der Waals surface area contributed by atoms with Crippen LogP contribution in [0.3, 0.4) is 0 Å². The fraction of sp³-hybridized carbons (Fsp3) is 0.150. The number of benzene rings is 3. The number of esters is 1. The molecule has 0 saturated heterocycles. The van der Waals surface area contributed by atoms with Gasteiger partial charge >= 0.3 is 12.6 Å². The minimum atomic E-state index is -3.40. The Hall–Kier alpha value is -3.36. The van der Waals surface area contributed by atoms with Gasteiger partial charge in [0.2, 0.25) is 0 Å². The maximum Gasteiger partial charge on any atom is 0.387 e. The molecule has 152 valence electrons. The van der Waals surface area contributed by atoms with Gasteiger partial charge in [-0.05, 0) is 48.7 Å². The fourth-order valence-electron chi connectivity index (χ4n) is 2.63. The van der Waals surface area contributed by atoms with Crippen LogP contribution in [-0.4, -0.2) is 19.2 Å². The van der Waals surface area contributed by atoms with E-state index in [0.29, 0.717) is 6.61 Å². The molecule has 0 bridgehead atoms. The largest absolute Gasteiger partial charge is 0.494 e. The Kier molecular flexibility index (Phi) is 5.86. The molecule has 0 aromatic heterocycles. The number of rotatable bonds is 6. The summed E-state index contributed by atoms with van der Waals surface area (Å²) in [6.45, 7) is -1.37. The first-order valence-corrected chi connectivity index (χ1v) is 8.31. The molecule has 0 aliphatic carbocycles. The third-order valence-corrected chi connectivity index (χ3v) is 3.85. The smallest absolute Gasteiger partial charge is 0.387 e. The lowest BCUT2D eigenvalue weighted by molar-refractivity contribution is -0.0544. The minimum absolute atomic E-state index is 0.0703. The van der Waals surface area contributed by atoms with Crippen LogP contribution in [0.1, 0.15) is 17.3 Å². The van der Waals surface area contributed by atoms with E-state index < -0.39 is 35.8 Å². The second kappa shape index (κ2) is 8.34. The van der Waals surface area contributed by atoms with Gasteiger partial charge in [-0.3, -0.25) is 0 Å². The summed E-state index contributed by atoms with van der Waals surface area (Å²) in [5, 5.41) is -0.298. The summed E-state index contributed by atoms with van der Waals surface area (Å²) < 4.78 is 80.8. The van der Waals surface area contributed by atoms with E-state index in [1.54, 1.807) is 6.92 Å². The van der Waals surface area contributed by atoms with Gasteiger partial charge in [0, 0.05) is 11.5 Å². The highest BCUT2D eigenvalue weighted by molar-refractivity contribution is 5.93. The van der Waals surface area contributed by atoms with Crippen molar-refractivity contribution >= 4 is 16.7 Å². The molecule has 0 unspecified atom stereocenters. The minimum Gasteiger partial charge on any atom is -0.494 e. The van der Waals surface area contributed by atoms with Crippen LogP contribution in [0, 0.1) is 17.5 Å². The van der Waals surface area contributed by atoms with Gasteiger partial charge in [0.25, 0.3) is 0 Å². The predicted molar refractivity (Wildman–Crippen MR) is 93.0 cm³/mol. The number of ether oxygens (including phenoxy) is 3. The molecule has 0 aliphatic heterocycles. The van der Waals surface area contributed by atoms with Crippen molar-refractivity contribution in [3.8, 4) is 17.2 Å². The molecule has 3 aromatic carbocycles. The van der Waals surface area contributed by atoms with Crippen molar-refractivity contribution in [2.24, 2.45) is 0 Å². The molecular formula is C20H13F5O4. The molecule has 0 atom stereocenters. The van der Waals surface area contributed by atoms with Gasteiger partial charge in [0.15, 0.2) is 17.4 Å². The van der Waals surface area contributed by atoms with Crippen molar-refractivity contribution in [3.05, 3.63) is 65.5 Å². The van der Waals surface area contributed by atoms with Crippen LogP contribution >= 0.6 is 0 Å². The Labute approximate surface area is 161 Å². The van der Waals surface area contributed by atoms with E-state index in [1.165, 1.54) is 12.1 Å². The Morgan fingerprint density at radius 1 is 0.966 bits per heavy atom.